The Kier molecular flexibility index (Phi) is 8.06. The van der Waals surface area contributed by atoms with Gasteiger partial charge in [0, 0.05) is 29.7 Å². The summed E-state index contributed by atoms with van der Waals surface area (Å²) in [5, 5.41) is 8.31. The summed E-state index contributed by atoms with van der Waals surface area (Å²) in [6.07, 6.45) is 5.50. The van der Waals surface area contributed by atoms with Gasteiger partial charge in [-0.05, 0) is 78.8 Å². The van der Waals surface area contributed by atoms with Crippen molar-refractivity contribution in [2.24, 2.45) is 11.8 Å². The van der Waals surface area contributed by atoms with Crippen LogP contribution in [0.5, 0.6) is 0 Å². The van der Waals surface area contributed by atoms with Gasteiger partial charge in [0.15, 0.2) is 0 Å². The van der Waals surface area contributed by atoms with Gasteiger partial charge in [-0.1, -0.05) is 110 Å². The molecule has 3 aliphatic heterocycles. The van der Waals surface area contributed by atoms with Crippen molar-refractivity contribution in [2.75, 3.05) is 13.1 Å². The fourth-order valence-corrected chi connectivity index (χ4v) is 9.87. The lowest BCUT2D eigenvalue weighted by atomic mass is 9.72. The summed E-state index contributed by atoms with van der Waals surface area (Å²) in [6.45, 7) is 4.54. The second-order valence-corrected chi connectivity index (χ2v) is 14.1. The van der Waals surface area contributed by atoms with Gasteiger partial charge >= 0.3 is 0 Å². The Morgan fingerprint density at radius 1 is 0.884 bits per heavy atom. The minimum atomic E-state index is -0.916. The fraction of sp³-hybridized carbons (Fsp3) is 0.263. The lowest BCUT2D eigenvalue weighted by Gasteiger charge is -2.52. The monoisotopic (exact) mass is 583 g/mol. The number of rotatable bonds is 8. The van der Waals surface area contributed by atoms with Gasteiger partial charge in [-0.3, -0.25) is 14.7 Å². The lowest BCUT2D eigenvalue weighted by molar-refractivity contribution is -0.0152. The van der Waals surface area contributed by atoms with E-state index in [4.69, 9.17) is 0 Å². The van der Waals surface area contributed by atoms with Gasteiger partial charge in [-0.25, -0.2) is 0 Å². The van der Waals surface area contributed by atoms with Gasteiger partial charge < -0.3 is 5.32 Å². The van der Waals surface area contributed by atoms with Gasteiger partial charge in [0.05, 0.1) is 11.6 Å². The molecule has 43 heavy (non-hydrogen) atoms. The third-order valence-electron chi connectivity index (χ3n) is 9.57. The highest BCUT2D eigenvalue weighted by Crippen LogP contribution is 2.43. The van der Waals surface area contributed by atoms with Gasteiger partial charge in [0.1, 0.15) is 0 Å². The quantitative estimate of drug-likeness (QED) is 0.210. The number of hydrogen-bond donors (Lipinski definition) is 1. The Labute approximate surface area is 255 Å². The van der Waals surface area contributed by atoms with Crippen LogP contribution in [0.15, 0.2) is 121 Å². The van der Waals surface area contributed by atoms with Crippen LogP contribution in [0.4, 0.5) is 0 Å². The predicted molar refractivity (Wildman–Crippen MR) is 179 cm³/mol. The van der Waals surface area contributed by atoms with Crippen LogP contribution in [-0.2, 0) is 0 Å². The highest BCUT2D eigenvalue weighted by molar-refractivity contribution is 7.80. The molecule has 0 saturated carbocycles. The molecule has 1 amide bonds. The molecular formula is C38H38N3OP. The summed E-state index contributed by atoms with van der Waals surface area (Å²) < 4.78 is 0. The van der Waals surface area contributed by atoms with Crippen molar-refractivity contribution >= 4 is 40.6 Å². The molecule has 3 saturated heterocycles. The van der Waals surface area contributed by atoms with Crippen molar-refractivity contribution in [3.05, 3.63) is 133 Å². The molecule has 3 aliphatic rings. The van der Waals surface area contributed by atoms with Gasteiger partial charge in [0.2, 0.25) is 0 Å². The number of nitrogens with one attached hydrogen (secondary N) is 1. The zero-order valence-corrected chi connectivity index (χ0v) is 25.5. The van der Waals surface area contributed by atoms with Crippen LogP contribution in [0, 0.1) is 11.8 Å². The van der Waals surface area contributed by atoms with Crippen LogP contribution in [0.3, 0.4) is 0 Å². The minimum absolute atomic E-state index is 0.00413. The molecule has 5 atom stereocenters. The average molecular weight is 584 g/mol. The normalized spacial score (nSPS) is 22.0. The summed E-state index contributed by atoms with van der Waals surface area (Å²) in [5.74, 6) is 1.45. The number of aromatic nitrogens is 1. The number of carbonyl (C=O) groups excluding carboxylic acids is 1. The van der Waals surface area contributed by atoms with Crippen molar-refractivity contribution in [1.29, 1.82) is 0 Å². The molecule has 216 valence electrons. The molecule has 2 bridgehead atoms. The van der Waals surface area contributed by atoms with Crippen LogP contribution >= 0.6 is 7.92 Å². The Morgan fingerprint density at radius 2 is 1.56 bits per heavy atom. The van der Waals surface area contributed by atoms with E-state index in [0.29, 0.717) is 5.92 Å². The van der Waals surface area contributed by atoms with Crippen LogP contribution in [0.25, 0.3) is 10.9 Å². The molecule has 0 radical (unpaired) electrons. The number of benzene rings is 4. The van der Waals surface area contributed by atoms with Crippen molar-refractivity contribution in [3.8, 4) is 0 Å². The topological polar surface area (TPSA) is 45.2 Å². The Balaban J connectivity index is 1.30. The van der Waals surface area contributed by atoms with Crippen molar-refractivity contribution in [3.63, 3.8) is 0 Å². The number of nitrogens with zero attached hydrogens (tertiary/aromatic N) is 2. The van der Waals surface area contributed by atoms with Crippen molar-refractivity contribution in [2.45, 2.75) is 38.3 Å². The third-order valence-corrected chi connectivity index (χ3v) is 12.1. The van der Waals surface area contributed by atoms with E-state index in [1.807, 2.05) is 24.4 Å². The van der Waals surface area contributed by atoms with E-state index in [2.05, 4.69) is 119 Å². The molecular weight excluding hydrogens is 545 g/mol. The zero-order valence-electron chi connectivity index (χ0n) is 24.6. The first-order valence-corrected chi connectivity index (χ1v) is 16.9. The summed E-state index contributed by atoms with van der Waals surface area (Å²) in [6, 6.07) is 40.1. The van der Waals surface area contributed by atoms with E-state index in [9.17, 15) is 4.79 Å². The molecule has 0 spiro atoms. The highest BCUT2D eigenvalue weighted by Gasteiger charge is 2.43. The smallest absolute Gasteiger partial charge is 0.252 e. The first-order chi connectivity index (χ1) is 21.2. The molecule has 5 aromatic rings. The SMILES string of the molecule is CCC1CN2CCC1C[C@@H]2[C@H](NC(=O)c1ccccc1P(c1ccccc1)c1ccccc1)c1ccnc2ccccc12. The maximum atomic E-state index is 14.6. The molecule has 1 N–H and O–H groups in total. The highest BCUT2D eigenvalue weighted by atomic mass is 31.1. The number of fused-ring (bicyclic) bond motifs is 4. The van der Waals surface area contributed by atoms with E-state index >= 15 is 0 Å². The molecule has 4 aromatic carbocycles. The maximum absolute atomic E-state index is 14.6. The lowest BCUT2D eigenvalue weighted by Crippen LogP contribution is -2.57. The van der Waals surface area contributed by atoms with Crippen molar-refractivity contribution < 1.29 is 4.79 Å². The molecule has 0 aliphatic carbocycles. The maximum Gasteiger partial charge on any atom is 0.252 e. The molecule has 4 nitrogen and oxygen atoms in total. The summed E-state index contributed by atoms with van der Waals surface area (Å²) in [5.41, 5.74) is 2.89. The van der Waals surface area contributed by atoms with Gasteiger partial charge in [-0.15, -0.1) is 0 Å². The van der Waals surface area contributed by atoms with Gasteiger partial charge in [-0.2, -0.15) is 0 Å². The van der Waals surface area contributed by atoms with Crippen molar-refractivity contribution in [1.82, 2.24) is 15.2 Å². The Morgan fingerprint density at radius 3 is 2.26 bits per heavy atom. The summed E-state index contributed by atoms with van der Waals surface area (Å²) in [4.78, 5) is 21.9. The van der Waals surface area contributed by atoms with E-state index in [0.717, 1.165) is 52.8 Å². The second kappa shape index (κ2) is 12.4. The number of piperidine rings is 3. The van der Waals surface area contributed by atoms with E-state index < -0.39 is 7.92 Å². The third kappa shape index (κ3) is 5.51. The van der Waals surface area contributed by atoms with Crippen LogP contribution in [-0.4, -0.2) is 34.9 Å². The fourth-order valence-electron chi connectivity index (χ4n) is 7.42. The Hall–Kier alpha value is -3.85. The molecule has 5 heteroatoms. The molecule has 1 aromatic heterocycles. The average Bonchev–Trinajstić information content (AvgIpc) is 3.08. The largest absolute Gasteiger partial charge is 0.344 e. The first kappa shape index (κ1) is 28.0. The minimum Gasteiger partial charge on any atom is -0.344 e. The van der Waals surface area contributed by atoms with Crippen LogP contribution in [0.1, 0.15) is 48.1 Å². The van der Waals surface area contributed by atoms with E-state index in [-0.39, 0.29) is 18.0 Å². The van der Waals surface area contributed by atoms with E-state index in [1.165, 1.54) is 23.5 Å². The first-order valence-electron chi connectivity index (χ1n) is 15.6. The standard InChI is InChI=1S/C38H38N3OP/c1-2-27-26-41-24-22-28(27)25-35(41)37(32-21-23-39-34-19-11-9-17-31(32)34)40-38(42)33-18-10-12-20-36(33)43(29-13-5-3-6-14-29)30-15-7-4-8-16-30/h3-21,23,27-28,35,37H,2,22,24-26H2,1H3,(H,40,42)/t27?,28?,35-,37-/m1/s1. The predicted octanol–water partition coefficient (Wildman–Crippen LogP) is 6.58. The van der Waals surface area contributed by atoms with Gasteiger partial charge in [0.25, 0.3) is 5.91 Å². The molecule has 3 fully saturated rings. The molecule has 3 unspecified atom stereocenters. The summed E-state index contributed by atoms with van der Waals surface area (Å²) >= 11 is 0. The molecule has 8 rings (SSSR count). The second-order valence-electron chi connectivity index (χ2n) is 11.9. The van der Waals surface area contributed by atoms with Crippen LogP contribution < -0.4 is 21.2 Å². The number of amides is 1. The van der Waals surface area contributed by atoms with E-state index in [1.54, 1.807) is 0 Å². The summed E-state index contributed by atoms with van der Waals surface area (Å²) in [7, 11) is -0.916. The number of pyridine rings is 1. The number of carbonyl (C=O) groups is 1. The van der Waals surface area contributed by atoms with Crippen LogP contribution in [0.2, 0.25) is 0 Å². The number of para-hydroxylation sites is 1. The Bertz CT molecular complexity index is 1660. The molecule has 4 heterocycles. The number of hydrogen-bond acceptors (Lipinski definition) is 3. The zero-order chi connectivity index (χ0) is 29.2.